The molecule has 4 rings (SSSR count). The first-order valence-electron chi connectivity index (χ1n) is 9.34. The quantitative estimate of drug-likeness (QED) is 0.535. The third kappa shape index (κ3) is 3.67. The second kappa shape index (κ2) is 7.82. The number of fused-ring (bicyclic) bond motifs is 1. The number of carbonyl (C=O) groups excluding carboxylic acids is 1. The minimum absolute atomic E-state index is 0.228. The van der Waals surface area contributed by atoms with Gasteiger partial charge in [0.15, 0.2) is 0 Å². The molecule has 2 aromatic carbocycles. The Hall–Kier alpha value is -3.94. The Labute approximate surface area is 171 Å². The second-order valence-electron chi connectivity index (χ2n) is 6.94. The van der Waals surface area contributed by atoms with Crippen molar-refractivity contribution in [2.75, 3.05) is 11.9 Å². The number of amides is 1. The summed E-state index contributed by atoms with van der Waals surface area (Å²) in [4.78, 5) is 32.9. The molecule has 2 aromatic heterocycles. The van der Waals surface area contributed by atoms with Crippen LogP contribution in [0.25, 0.3) is 11.0 Å². The number of H-pyrrole nitrogens is 1. The van der Waals surface area contributed by atoms with E-state index in [-0.39, 0.29) is 17.4 Å². The molecule has 0 saturated heterocycles. The molecule has 0 aliphatic carbocycles. The summed E-state index contributed by atoms with van der Waals surface area (Å²) in [5.41, 5.74) is 2.80. The summed E-state index contributed by atoms with van der Waals surface area (Å²) in [6.07, 6.45) is 1.64. The smallest absolute Gasteiger partial charge is 0.326 e. The monoisotopic (exact) mass is 405 g/mol. The van der Waals surface area contributed by atoms with Crippen LogP contribution in [0, 0.1) is 5.82 Å². The molecule has 0 bridgehead atoms. The van der Waals surface area contributed by atoms with Gasteiger partial charge >= 0.3 is 5.69 Å². The fraction of sp³-hybridized carbons (Fsp3) is 0.136. The van der Waals surface area contributed by atoms with Gasteiger partial charge in [0.05, 0.1) is 16.7 Å². The number of benzene rings is 2. The van der Waals surface area contributed by atoms with Gasteiger partial charge in [0.1, 0.15) is 11.6 Å². The van der Waals surface area contributed by atoms with Crippen LogP contribution in [0.2, 0.25) is 0 Å². The molecule has 0 fully saturated rings. The van der Waals surface area contributed by atoms with Crippen molar-refractivity contribution in [3.05, 3.63) is 88.2 Å². The number of aromatic amines is 1. The Bertz CT molecular complexity index is 1280. The number of para-hydroxylation sites is 1. The zero-order chi connectivity index (χ0) is 21.3. The van der Waals surface area contributed by atoms with Gasteiger partial charge in [-0.25, -0.2) is 14.2 Å². The lowest BCUT2D eigenvalue weighted by Gasteiger charge is -2.19. The first kappa shape index (κ1) is 19.4. The molecule has 0 unspecified atom stereocenters. The van der Waals surface area contributed by atoms with Gasteiger partial charge in [0, 0.05) is 32.4 Å². The van der Waals surface area contributed by atoms with E-state index in [2.05, 4.69) is 15.3 Å². The predicted octanol–water partition coefficient (Wildman–Crippen LogP) is 3.10. The number of hydrogen-bond donors (Lipinski definition) is 2. The largest absolute Gasteiger partial charge is 0.348 e. The van der Waals surface area contributed by atoms with E-state index in [4.69, 9.17) is 0 Å². The van der Waals surface area contributed by atoms with Crippen molar-refractivity contribution in [2.45, 2.75) is 6.54 Å². The summed E-state index contributed by atoms with van der Waals surface area (Å²) < 4.78 is 15.4. The third-order valence-electron chi connectivity index (χ3n) is 4.99. The van der Waals surface area contributed by atoms with Crippen LogP contribution < -0.4 is 15.9 Å². The molecular weight excluding hydrogens is 385 g/mol. The number of aromatic nitrogens is 3. The molecule has 1 amide bonds. The molecule has 7 nitrogen and oxygen atoms in total. The Morgan fingerprint density at radius 2 is 2.00 bits per heavy atom. The van der Waals surface area contributed by atoms with Gasteiger partial charge in [-0.1, -0.05) is 18.2 Å². The second-order valence-corrected chi connectivity index (χ2v) is 6.94. The number of halogens is 1. The first-order chi connectivity index (χ1) is 14.4. The molecule has 152 valence electrons. The summed E-state index contributed by atoms with van der Waals surface area (Å²) in [5.74, 6) is 0.0117. The Morgan fingerprint density at radius 3 is 2.73 bits per heavy atom. The van der Waals surface area contributed by atoms with Gasteiger partial charge in [-0.3, -0.25) is 9.36 Å². The van der Waals surface area contributed by atoms with Gasteiger partial charge in [-0.2, -0.15) is 0 Å². The molecule has 0 radical (unpaired) electrons. The van der Waals surface area contributed by atoms with E-state index in [1.807, 2.05) is 6.07 Å². The molecule has 2 heterocycles. The van der Waals surface area contributed by atoms with Crippen LogP contribution in [-0.2, 0) is 13.6 Å². The fourth-order valence-electron chi connectivity index (χ4n) is 3.23. The van der Waals surface area contributed by atoms with Crippen LogP contribution in [0.5, 0.6) is 0 Å². The molecule has 4 aromatic rings. The molecule has 0 aliphatic rings. The summed E-state index contributed by atoms with van der Waals surface area (Å²) in [6.45, 7) is 0.291. The van der Waals surface area contributed by atoms with Gasteiger partial charge in [-0.05, 0) is 42.0 Å². The molecular formula is C22H20FN5O2. The van der Waals surface area contributed by atoms with Gasteiger partial charge in [0.25, 0.3) is 5.91 Å². The van der Waals surface area contributed by atoms with E-state index < -0.39 is 0 Å². The number of pyridine rings is 1. The maximum Gasteiger partial charge on any atom is 0.326 e. The van der Waals surface area contributed by atoms with Gasteiger partial charge in [0.2, 0.25) is 0 Å². The van der Waals surface area contributed by atoms with Crippen molar-refractivity contribution in [1.29, 1.82) is 0 Å². The third-order valence-corrected chi connectivity index (χ3v) is 4.99. The molecule has 0 spiro atoms. The molecule has 0 aliphatic heterocycles. The zero-order valence-electron chi connectivity index (χ0n) is 16.5. The van der Waals surface area contributed by atoms with Crippen LogP contribution in [0.1, 0.15) is 15.9 Å². The minimum Gasteiger partial charge on any atom is -0.348 e. The zero-order valence-corrected chi connectivity index (χ0v) is 16.5. The van der Waals surface area contributed by atoms with Crippen molar-refractivity contribution >= 4 is 28.4 Å². The van der Waals surface area contributed by atoms with E-state index in [1.54, 1.807) is 67.7 Å². The van der Waals surface area contributed by atoms with Crippen molar-refractivity contribution in [3.63, 3.8) is 0 Å². The minimum atomic E-state index is -0.324. The number of hydrogen-bond acceptors (Lipinski definition) is 4. The summed E-state index contributed by atoms with van der Waals surface area (Å²) >= 11 is 0. The number of aryl methyl sites for hydroxylation is 1. The van der Waals surface area contributed by atoms with Crippen LogP contribution >= 0.6 is 0 Å². The number of rotatable bonds is 5. The summed E-state index contributed by atoms with van der Waals surface area (Å²) in [5, 5.41) is 2.84. The molecule has 2 N–H and O–H groups in total. The Balaban J connectivity index is 1.43. The lowest BCUT2D eigenvalue weighted by Crippen LogP contribution is -2.23. The highest BCUT2D eigenvalue weighted by Crippen LogP contribution is 2.24. The highest BCUT2D eigenvalue weighted by molar-refractivity contribution is 5.97. The number of anilines is 2. The number of carbonyl (C=O) groups is 1. The highest BCUT2D eigenvalue weighted by Gasteiger charge is 2.11. The fourth-order valence-corrected chi connectivity index (χ4v) is 3.23. The van der Waals surface area contributed by atoms with Gasteiger partial charge in [-0.15, -0.1) is 0 Å². The van der Waals surface area contributed by atoms with Crippen LogP contribution in [-0.4, -0.2) is 27.5 Å². The SMILES string of the molecule is CN(c1ccc(CNC(=O)c2ccc3c(c2)[nH]c(=O)n3C)cn1)c1ccccc1F. The summed E-state index contributed by atoms with van der Waals surface area (Å²) in [7, 11) is 3.41. The maximum absolute atomic E-state index is 14.0. The molecule has 0 atom stereocenters. The van der Waals surface area contributed by atoms with Gasteiger partial charge < -0.3 is 15.2 Å². The van der Waals surface area contributed by atoms with Crippen LogP contribution in [0.3, 0.4) is 0 Å². The standard InChI is InChI=1S/C22H20FN5O2/c1-27(18-6-4-3-5-16(18)23)20-10-7-14(12-24-20)13-25-21(29)15-8-9-19-17(11-15)26-22(30)28(19)2/h3-12H,13H2,1-2H3,(H,25,29)(H,26,30). The highest BCUT2D eigenvalue weighted by atomic mass is 19.1. The van der Waals surface area contributed by atoms with Crippen molar-refractivity contribution in [3.8, 4) is 0 Å². The average molecular weight is 405 g/mol. The van der Waals surface area contributed by atoms with E-state index in [1.165, 1.54) is 10.6 Å². The number of nitrogens with one attached hydrogen (secondary N) is 2. The Morgan fingerprint density at radius 1 is 1.20 bits per heavy atom. The van der Waals surface area contributed by atoms with E-state index in [0.717, 1.165) is 11.1 Å². The first-order valence-corrected chi connectivity index (χ1v) is 9.34. The number of nitrogens with zero attached hydrogens (tertiary/aromatic N) is 3. The van der Waals surface area contributed by atoms with Crippen molar-refractivity contribution < 1.29 is 9.18 Å². The summed E-state index contributed by atoms with van der Waals surface area (Å²) in [6, 6.07) is 15.1. The van der Waals surface area contributed by atoms with E-state index >= 15 is 0 Å². The molecule has 8 heteroatoms. The number of imidazole rings is 1. The van der Waals surface area contributed by atoms with E-state index in [9.17, 15) is 14.0 Å². The molecule has 0 saturated carbocycles. The normalized spacial score (nSPS) is 10.9. The Kier molecular flexibility index (Phi) is 5.05. The lowest BCUT2D eigenvalue weighted by molar-refractivity contribution is 0.0951. The maximum atomic E-state index is 14.0. The van der Waals surface area contributed by atoms with Crippen molar-refractivity contribution in [2.24, 2.45) is 7.05 Å². The van der Waals surface area contributed by atoms with Crippen molar-refractivity contribution in [1.82, 2.24) is 19.9 Å². The molecule has 30 heavy (non-hydrogen) atoms. The predicted molar refractivity (Wildman–Crippen MR) is 113 cm³/mol. The topological polar surface area (TPSA) is 83.0 Å². The van der Waals surface area contributed by atoms with Crippen LogP contribution in [0.4, 0.5) is 15.9 Å². The average Bonchev–Trinajstić information content (AvgIpc) is 3.05. The van der Waals surface area contributed by atoms with Crippen LogP contribution in [0.15, 0.2) is 65.6 Å². The lowest BCUT2D eigenvalue weighted by atomic mass is 10.2. The van der Waals surface area contributed by atoms with E-state index in [0.29, 0.717) is 29.1 Å².